The van der Waals surface area contributed by atoms with Crippen molar-refractivity contribution in [1.82, 2.24) is 0 Å². The molecule has 9 nitrogen and oxygen atoms in total. The Bertz CT molecular complexity index is 255. The summed E-state index contributed by atoms with van der Waals surface area (Å²) in [5.74, 6) is 0. The fourth-order valence-corrected chi connectivity index (χ4v) is 0.577. The molecule has 0 aromatic heterocycles. The van der Waals surface area contributed by atoms with Crippen molar-refractivity contribution in [2.24, 2.45) is 0 Å². The Morgan fingerprint density at radius 1 is 0.591 bits per heavy atom. The molecule has 0 atom stereocenters. The van der Waals surface area contributed by atoms with Crippen molar-refractivity contribution in [3.63, 3.8) is 0 Å². The summed E-state index contributed by atoms with van der Waals surface area (Å²) in [6.07, 6.45) is -5.25. The molecule has 0 aromatic rings. The van der Waals surface area contributed by atoms with Gasteiger partial charge in [0.25, 0.3) is 18.5 Å². The quantitative estimate of drug-likeness (QED) is 0.355. The first-order valence-corrected chi connectivity index (χ1v) is 6.01. The topological polar surface area (TPSA) is 148 Å². The molecule has 0 aliphatic rings. The van der Waals surface area contributed by atoms with Crippen molar-refractivity contribution in [2.75, 3.05) is 0 Å². The van der Waals surface area contributed by atoms with Crippen molar-refractivity contribution in [3.8, 4) is 0 Å². The van der Waals surface area contributed by atoms with E-state index in [4.69, 9.17) is 0 Å². The van der Waals surface area contributed by atoms with Crippen molar-refractivity contribution < 1.29 is 43.9 Å². The van der Waals surface area contributed by atoms with E-state index in [2.05, 4.69) is 14.2 Å². The standard InChI is InChI=1S/3C4H8O3.Al/c3*1-3(2)7-4(5)6;/h3*3H,1-2H3,(H,5,6);/q;;;+3/p-3. The van der Waals surface area contributed by atoms with Gasteiger partial charge in [0, 0.05) is 18.3 Å². The van der Waals surface area contributed by atoms with Crippen LogP contribution >= 0.6 is 0 Å². The van der Waals surface area contributed by atoms with Crippen molar-refractivity contribution in [1.29, 1.82) is 0 Å². The number of ether oxygens (including phenoxy) is 3. The number of hydrogen-bond acceptors (Lipinski definition) is 9. The summed E-state index contributed by atoms with van der Waals surface area (Å²) >= 11 is 0. The van der Waals surface area contributed by atoms with Gasteiger partial charge in [0.2, 0.25) is 0 Å². The zero-order chi connectivity index (χ0) is 17.6. The third-order valence-corrected chi connectivity index (χ3v) is 0.996. The molecular weight excluding hydrogens is 315 g/mol. The summed E-state index contributed by atoms with van der Waals surface area (Å²) < 4.78 is 12.2. The summed E-state index contributed by atoms with van der Waals surface area (Å²) in [7, 11) is 0. The first-order chi connectivity index (χ1) is 9.38. The van der Waals surface area contributed by atoms with E-state index in [1.807, 2.05) is 0 Å². The Morgan fingerprint density at radius 2 is 0.727 bits per heavy atom. The maximum absolute atomic E-state index is 9.48. The maximum atomic E-state index is 9.48. The van der Waals surface area contributed by atoms with Crippen LogP contribution in [0.4, 0.5) is 14.4 Å². The van der Waals surface area contributed by atoms with E-state index >= 15 is 0 Å². The molecule has 126 valence electrons. The van der Waals surface area contributed by atoms with Crippen LogP contribution in [0, 0.1) is 0 Å². The van der Waals surface area contributed by atoms with Crippen LogP contribution in [0.5, 0.6) is 0 Å². The SMILES string of the molecule is CC(C)OC(=O)[O-].CC(C)OC(=O)[O-].CC(C)OC(=O)[O-].[Al+3]. The largest absolute Gasteiger partial charge is 3.00 e. The molecule has 22 heavy (non-hydrogen) atoms. The van der Waals surface area contributed by atoms with Gasteiger partial charge in [-0.05, 0) is 41.5 Å². The minimum Gasteiger partial charge on any atom is -0.547 e. The first-order valence-electron chi connectivity index (χ1n) is 6.01. The van der Waals surface area contributed by atoms with Gasteiger partial charge < -0.3 is 43.9 Å². The summed E-state index contributed by atoms with van der Waals surface area (Å²) in [5, 5.41) is 28.4. The molecule has 0 rings (SSSR count). The second-order valence-electron chi connectivity index (χ2n) is 4.25. The van der Waals surface area contributed by atoms with Crippen LogP contribution in [0.2, 0.25) is 0 Å². The average Bonchev–Trinajstić information content (AvgIpc) is 2.10. The molecule has 0 bridgehead atoms. The fourth-order valence-electron chi connectivity index (χ4n) is 0.577. The number of hydrogen-bond donors (Lipinski definition) is 0. The normalized spacial score (nSPS) is 8.59. The van der Waals surface area contributed by atoms with Crippen LogP contribution in [0.15, 0.2) is 0 Å². The molecule has 0 N–H and O–H groups in total. The summed E-state index contributed by atoms with van der Waals surface area (Å²) in [6.45, 7) is 9.72. The van der Waals surface area contributed by atoms with Crippen LogP contribution in [-0.4, -0.2) is 54.1 Å². The van der Waals surface area contributed by atoms with Crippen molar-refractivity contribution >= 4 is 35.8 Å². The van der Waals surface area contributed by atoms with Crippen LogP contribution in [0.3, 0.4) is 0 Å². The molecule has 0 saturated carbocycles. The molecule has 0 radical (unpaired) electrons. The van der Waals surface area contributed by atoms with E-state index < -0.39 is 18.5 Å². The molecule has 0 fully saturated rings. The number of carbonyl (C=O) groups excluding carboxylic acids is 3. The Hall–Kier alpha value is -1.66. The van der Waals surface area contributed by atoms with Crippen LogP contribution in [0.25, 0.3) is 0 Å². The van der Waals surface area contributed by atoms with Crippen LogP contribution in [-0.2, 0) is 14.2 Å². The van der Waals surface area contributed by atoms with Gasteiger partial charge in [-0.1, -0.05) is 0 Å². The zero-order valence-corrected chi connectivity index (χ0v) is 14.6. The summed E-state index contributed by atoms with van der Waals surface area (Å²) in [6, 6.07) is 0. The molecule has 0 amide bonds. The van der Waals surface area contributed by atoms with Crippen molar-refractivity contribution in [3.05, 3.63) is 0 Å². The van der Waals surface area contributed by atoms with E-state index in [1.54, 1.807) is 41.5 Å². The van der Waals surface area contributed by atoms with Gasteiger partial charge in [0.15, 0.2) is 0 Å². The molecular formula is C12H21AlO9. The average molecular weight is 336 g/mol. The predicted octanol–water partition coefficient (Wildman–Crippen LogP) is -1.12. The second-order valence-corrected chi connectivity index (χ2v) is 4.25. The molecule has 0 aliphatic carbocycles. The van der Waals surface area contributed by atoms with Gasteiger partial charge >= 0.3 is 17.4 Å². The molecule has 10 heteroatoms. The summed E-state index contributed by atoms with van der Waals surface area (Å²) in [4.78, 5) is 28.4. The molecule has 0 aliphatic heterocycles. The van der Waals surface area contributed by atoms with Gasteiger partial charge in [0.1, 0.15) is 0 Å². The minimum absolute atomic E-state index is 0. The van der Waals surface area contributed by atoms with E-state index in [1.165, 1.54) is 0 Å². The molecule has 0 saturated heterocycles. The fraction of sp³-hybridized carbons (Fsp3) is 0.750. The van der Waals surface area contributed by atoms with E-state index in [0.29, 0.717) is 0 Å². The molecule has 0 heterocycles. The monoisotopic (exact) mass is 336 g/mol. The third-order valence-electron chi connectivity index (χ3n) is 0.996. The van der Waals surface area contributed by atoms with Gasteiger partial charge in [-0.25, -0.2) is 0 Å². The first kappa shape index (κ1) is 28.5. The third kappa shape index (κ3) is 51.6. The number of carboxylic acid groups (broad SMARTS) is 3. The smallest absolute Gasteiger partial charge is 0.547 e. The molecule has 0 spiro atoms. The van der Waals surface area contributed by atoms with Crippen LogP contribution in [0.1, 0.15) is 41.5 Å². The Kier molecular flexibility index (Phi) is 22.5. The molecule has 0 aromatic carbocycles. The molecule has 0 unspecified atom stereocenters. The summed E-state index contributed by atoms with van der Waals surface area (Å²) in [5.41, 5.74) is 0. The zero-order valence-electron chi connectivity index (χ0n) is 13.5. The number of carbonyl (C=O) groups is 3. The van der Waals surface area contributed by atoms with Crippen molar-refractivity contribution in [2.45, 2.75) is 59.9 Å². The Labute approximate surface area is 140 Å². The predicted molar refractivity (Wildman–Crippen MR) is 70.6 cm³/mol. The van der Waals surface area contributed by atoms with E-state index in [9.17, 15) is 29.7 Å². The van der Waals surface area contributed by atoms with Crippen LogP contribution < -0.4 is 15.3 Å². The van der Waals surface area contributed by atoms with E-state index in [0.717, 1.165) is 0 Å². The minimum atomic E-state index is -1.46. The number of rotatable bonds is 3. The Balaban J connectivity index is -0.000000108. The Morgan fingerprint density at radius 3 is 0.727 bits per heavy atom. The van der Waals surface area contributed by atoms with Gasteiger partial charge in [-0.15, -0.1) is 0 Å². The van der Waals surface area contributed by atoms with Gasteiger partial charge in [-0.3, -0.25) is 0 Å². The second kappa shape index (κ2) is 17.4. The van der Waals surface area contributed by atoms with E-state index in [-0.39, 0.29) is 35.7 Å². The maximum Gasteiger partial charge on any atom is 3.00 e. The van der Waals surface area contributed by atoms with Gasteiger partial charge in [0.05, 0.1) is 0 Å². The van der Waals surface area contributed by atoms with Gasteiger partial charge in [-0.2, -0.15) is 0 Å².